The van der Waals surface area contributed by atoms with Crippen LogP contribution in [-0.4, -0.2) is 22.6 Å². The Hall–Kier alpha value is -1.03. The molecule has 2 N–H and O–H groups in total. The highest BCUT2D eigenvalue weighted by Crippen LogP contribution is 2.23. The van der Waals surface area contributed by atoms with E-state index in [-0.39, 0.29) is 5.69 Å². The van der Waals surface area contributed by atoms with Crippen molar-refractivity contribution in [2.24, 2.45) is 0 Å². The molecule has 3 rings (SSSR count). The molecule has 0 aromatic carbocycles. The molecule has 0 amide bonds. The smallest absolute Gasteiger partial charge is 0.315 e. The van der Waals surface area contributed by atoms with Gasteiger partial charge in [-0.3, -0.25) is 4.57 Å². The van der Waals surface area contributed by atoms with Crippen LogP contribution in [0.5, 0.6) is 0 Å². The van der Waals surface area contributed by atoms with E-state index in [9.17, 15) is 4.79 Å². The molecule has 82 valence electrons. The van der Waals surface area contributed by atoms with Gasteiger partial charge in [-0.2, -0.15) is 0 Å². The van der Waals surface area contributed by atoms with E-state index in [0.29, 0.717) is 6.04 Å². The molecule has 1 saturated heterocycles. The van der Waals surface area contributed by atoms with Crippen molar-refractivity contribution >= 4 is 0 Å². The maximum Gasteiger partial charge on any atom is 0.326 e. The number of H-pyrrole nitrogens is 1. The number of aryl methyl sites for hydroxylation is 1. The Balaban J connectivity index is 2.05. The second kappa shape index (κ2) is 3.52. The largest absolute Gasteiger partial charge is 0.326 e. The second-order valence-corrected chi connectivity index (χ2v) is 4.58. The van der Waals surface area contributed by atoms with Crippen LogP contribution in [-0.2, 0) is 12.8 Å². The fourth-order valence-corrected chi connectivity index (χ4v) is 2.85. The van der Waals surface area contributed by atoms with Crippen molar-refractivity contribution in [1.29, 1.82) is 0 Å². The minimum absolute atomic E-state index is 0.107. The average molecular weight is 207 g/mol. The third-order valence-electron chi connectivity index (χ3n) is 3.61. The molecule has 0 radical (unpaired) electrons. The van der Waals surface area contributed by atoms with Crippen molar-refractivity contribution in [2.45, 2.75) is 38.1 Å². The molecular weight excluding hydrogens is 190 g/mol. The second-order valence-electron chi connectivity index (χ2n) is 4.58. The topological polar surface area (TPSA) is 49.8 Å². The normalized spacial score (nSPS) is 25.5. The van der Waals surface area contributed by atoms with Crippen LogP contribution >= 0.6 is 0 Å². The molecule has 0 bridgehead atoms. The zero-order valence-corrected chi connectivity index (χ0v) is 8.88. The van der Waals surface area contributed by atoms with Crippen LogP contribution in [0.2, 0.25) is 0 Å². The van der Waals surface area contributed by atoms with Crippen LogP contribution < -0.4 is 11.0 Å². The first-order valence-electron chi connectivity index (χ1n) is 5.89. The summed E-state index contributed by atoms with van der Waals surface area (Å²) in [7, 11) is 0. The average Bonchev–Trinajstić information content (AvgIpc) is 2.82. The number of nitrogens with zero attached hydrogens (tertiary/aromatic N) is 1. The summed E-state index contributed by atoms with van der Waals surface area (Å²) in [6.07, 6.45) is 5.66. The van der Waals surface area contributed by atoms with Crippen LogP contribution in [0.25, 0.3) is 0 Å². The van der Waals surface area contributed by atoms with Crippen molar-refractivity contribution < 1.29 is 0 Å². The molecule has 1 fully saturated rings. The molecular formula is C11H17N3O. The minimum Gasteiger partial charge on any atom is -0.315 e. The lowest BCUT2D eigenvalue weighted by molar-refractivity contribution is 0.499. The predicted octanol–water partition coefficient (Wildman–Crippen LogP) is 0.590. The van der Waals surface area contributed by atoms with E-state index in [2.05, 4.69) is 10.3 Å². The number of aromatic amines is 1. The summed E-state index contributed by atoms with van der Waals surface area (Å²) in [5.74, 6) is 0. The first-order valence-corrected chi connectivity index (χ1v) is 5.89. The fraction of sp³-hybridized carbons (Fsp3) is 0.727. The summed E-state index contributed by atoms with van der Waals surface area (Å²) < 4.78 is 2.01. The molecule has 2 aliphatic rings. The SMILES string of the molecule is O=c1[nH]c2c(n1C1CCNC1)CCCC2. The first-order chi connectivity index (χ1) is 7.36. The van der Waals surface area contributed by atoms with Gasteiger partial charge in [0.25, 0.3) is 0 Å². The Labute approximate surface area is 88.7 Å². The number of fused-ring (bicyclic) bond motifs is 1. The van der Waals surface area contributed by atoms with Gasteiger partial charge in [0.2, 0.25) is 0 Å². The van der Waals surface area contributed by atoms with Gasteiger partial charge < -0.3 is 10.3 Å². The van der Waals surface area contributed by atoms with Gasteiger partial charge in [0, 0.05) is 17.9 Å². The minimum atomic E-state index is 0.107. The summed E-state index contributed by atoms with van der Waals surface area (Å²) >= 11 is 0. The van der Waals surface area contributed by atoms with Crippen LogP contribution in [0.15, 0.2) is 4.79 Å². The quantitative estimate of drug-likeness (QED) is 0.708. The predicted molar refractivity (Wildman–Crippen MR) is 58.2 cm³/mol. The number of aromatic nitrogens is 2. The van der Waals surface area contributed by atoms with Gasteiger partial charge in [-0.05, 0) is 38.6 Å². The molecule has 4 nitrogen and oxygen atoms in total. The van der Waals surface area contributed by atoms with Gasteiger partial charge in [-0.15, -0.1) is 0 Å². The van der Waals surface area contributed by atoms with Gasteiger partial charge in [0.05, 0.1) is 6.04 Å². The van der Waals surface area contributed by atoms with Crippen molar-refractivity contribution in [1.82, 2.24) is 14.9 Å². The van der Waals surface area contributed by atoms with Crippen LogP contribution in [0.4, 0.5) is 0 Å². The van der Waals surface area contributed by atoms with Gasteiger partial charge in [0.1, 0.15) is 0 Å². The molecule has 1 aromatic rings. The molecule has 0 spiro atoms. The molecule has 15 heavy (non-hydrogen) atoms. The highest BCUT2D eigenvalue weighted by atomic mass is 16.1. The van der Waals surface area contributed by atoms with Crippen molar-refractivity contribution in [3.05, 3.63) is 21.9 Å². The van der Waals surface area contributed by atoms with E-state index < -0.39 is 0 Å². The van der Waals surface area contributed by atoms with E-state index in [1.54, 1.807) is 0 Å². The van der Waals surface area contributed by atoms with E-state index in [1.807, 2.05) is 4.57 Å². The lowest BCUT2D eigenvalue weighted by Gasteiger charge is -2.17. The maximum atomic E-state index is 11.9. The summed E-state index contributed by atoms with van der Waals surface area (Å²) in [5.41, 5.74) is 2.58. The summed E-state index contributed by atoms with van der Waals surface area (Å²) in [5, 5.41) is 3.32. The first kappa shape index (κ1) is 9.21. The van der Waals surface area contributed by atoms with E-state index in [1.165, 1.54) is 24.2 Å². The fourth-order valence-electron chi connectivity index (χ4n) is 2.85. The third kappa shape index (κ3) is 1.44. The molecule has 2 heterocycles. The molecule has 4 heteroatoms. The zero-order valence-electron chi connectivity index (χ0n) is 8.88. The lowest BCUT2D eigenvalue weighted by Crippen LogP contribution is -2.26. The number of hydrogen-bond donors (Lipinski definition) is 2. The molecule has 1 unspecified atom stereocenters. The van der Waals surface area contributed by atoms with E-state index in [0.717, 1.165) is 32.4 Å². The van der Waals surface area contributed by atoms with Gasteiger partial charge >= 0.3 is 5.69 Å². The van der Waals surface area contributed by atoms with Crippen molar-refractivity contribution in [3.8, 4) is 0 Å². The summed E-state index contributed by atoms with van der Waals surface area (Å²) in [4.78, 5) is 14.9. The lowest BCUT2D eigenvalue weighted by atomic mass is 10.0. The highest BCUT2D eigenvalue weighted by molar-refractivity contribution is 5.17. The number of imidazole rings is 1. The molecule has 0 saturated carbocycles. The molecule has 1 atom stereocenters. The summed E-state index contributed by atoms with van der Waals surface area (Å²) in [6, 6.07) is 0.385. The third-order valence-corrected chi connectivity index (χ3v) is 3.61. The van der Waals surface area contributed by atoms with Gasteiger partial charge in [0.15, 0.2) is 0 Å². The molecule has 1 aliphatic heterocycles. The Morgan fingerprint density at radius 1 is 1.27 bits per heavy atom. The highest BCUT2D eigenvalue weighted by Gasteiger charge is 2.24. The van der Waals surface area contributed by atoms with Crippen molar-refractivity contribution in [3.63, 3.8) is 0 Å². The monoisotopic (exact) mass is 207 g/mol. The van der Waals surface area contributed by atoms with E-state index in [4.69, 9.17) is 0 Å². The summed E-state index contributed by atoms with van der Waals surface area (Å²) in [6.45, 7) is 1.99. The van der Waals surface area contributed by atoms with Crippen LogP contribution in [0.1, 0.15) is 36.7 Å². The molecule has 1 aromatic heterocycles. The zero-order chi connectivity index (χ0) is 10.3. The van der Waals surface area contributed by atoms with Gasteiger partial charge in [-0.25, -0.2) is 4.79 Å². The number of rotatable bonds is 1. The Bertz CT molecular complexity index is 412. The standard InChI is InChI=1S/C11H17N3O/c15-11-13-9-3-1-2-4-10(9)14(11)8-5-6-12-7-8/h8,12H,1-7H2,(H,13,15). The van der Waals surface area contributed by atoms with E-state index >= 15 is 0 Å². The Morgan fingerprint density at radius 2 is 2.13 bits per heavy atom. The number of nitrogens with one attached hydrogen (secondary N) is 2. The Kier molecular flexibility index (Phi) is 2.16. The molecule has 1 aliphatic carbocycles. The Morgan fingerprint density at radius 3 is 2.93 bits per heavy atom. The van der Waals surface area contributed by atoms with Gasteiger partial charge in [-0.1, -0.05) is 0 Å². The van der Waals surface area contributed by atoms with Crippen molar-refractivity contribution in [2.75, 3.05) is 13.1 Å². The van der Waals surface area contributed by atoms with Crippen LogP contribution in [0, 0.1) is 0 Å². The maximum absolute atomic E-state index is 11.9. The number of hydrogen-bond acceptors (Lipinski definition) is 2. The van der Waals surface area contributed by atoms with Crippen LogP contribution in [0.3, 0.4) is 0 Å².